The predicted molar refractivity (Wildman–Crippen MR) is 153 cm³/mol. The second kappa shape index (κ2) is 12.5. The molecule has 3 aromatic heterocycles. The van der Waals surface area contributed by atoms with E-state index in [0.29, 0.717) is 24.6 Å². The number of nitrogens with zero attached hydrogens (tertiary/aromatic N) is 7. The van der Waals surface area contributed by atoms with Crippen molar-refractivity contribution in [1.82, 2.24) is 29.7 Å². The lowest BCUT2D eigenvalue weighted by atomic mass is 10.1. The second-order valence-electron chi connectivity index (χ2n) is 9.86. The maximum absolute atomic E-state index is 14.8. The number of hydrazine groups is 1. The number of halogens is 2. The van der Waals surface area contributed by atoms with Crippen LogP contribution in [0, 0.1) is 5.82 Å². The molecule has 0 bridgehead atoms. The van der Waals surface area contributed by atoms with Gasteiger partial charge in [-0.2, -0.15) is 5.10 Å². The molecule has 13 nitrogen and oxygen atoms in total. The number of hydrazone groups is 1. The van der Waals surface area contributed by atoms with E-state index in [2.05, 4.69) is 33.0 Å². The smallest absolute Gasteiger partial charge is 0.306 e. The van der Waals surface area contributed by atoms with Gasteiger partial charge < -0.3 is 20.3 Å². The van der Waals surface area contributed by atoms with Crippen LogP contribution in [-0.2, 0) is 29.0 Å². The second-order valence-corrected chi connectivity index (χ2v) is 10.3. The first-order valence-electron chi connectivity index (χ1n) is 13.4. The summed E-state index contributed by atoms with van der Waals surface area (Å²) in [7, 11) is 0. The number of hydrogen-bond donors (Lipinski definition) is 3. The zero-order valence-electron chi connectivity index (χ0n) is 22.8. The first-order valence-corrected chi connectivity index (χ1v) is 13.7. The summed E-state index contributed by atoms with van der Waals surface area (Å²) in [5.74, 6) is 9.96. The van der Waals surface area contributed by atoms with Crippen molar-refractivity contribution in [3.05, 3.63) is 75.7 Å². The van der Waals surface area contributed by atoms with Crippen LogP contribution in [0.4, 0.5) is 10.1 Å². The van der Waals surface area contributed by atoms with E-state index in [1.54, 1.807) is 6.92 Å². The van der Waals surface area contributed by atoms with Crippen LogP contribution in [0.15, 0.2) is 41.9 Å². The van der Waals surface area contributed by atoms with E-state index in [0.717, 1.165) is 35.4 Å². The standard InChI is InChI=1S/C27H30ClFN10O3/c1-2-42-24(40)8-5-17-9-18(16-3-4-16)11-37-12-19(34-26(17)37)13-38-14-22(35-36-38)27(41)32-10-20-23(39(31)15-33-30)7-6-21(28)25(20)29/h6-7,9,11-12,14-16H,2-5,8,10,13,30-31H2,1H3,(H,32,41)/b33-15-. The van der Waals surface area contributed by atoms with Gasteiger partial charge in [-0.25, -0.2) is 19.9 Å². The van der Waals surface area contributed by atoms with E-state index in [-0.39, 0.29) is 47.4 Å². The zero-order chi connectivity index (χ0) is 29.8. The molecule has 4 aromatic rings. The van der Waals surface area contributed by atoms with Gasteiger partial charge >= 0.3 is 5.97 Å². The number of imidazole rings is 1. The molecule has 0 spiro atoms. The van der Waals surface area contributed by atoms with Crippen molar-refractivity contribution in [2.24, 2.45) is 16.8 Å². The van der Waals surface area contributed by atoms with Gasteiger partial charge in [0.05, 0.1) is 35.8 Å². The van der Waals surface area contributed by atoms with Crippen LogP contribution < -0.4 is 22.0 Å². The molecular formula is C27H30ClFN10O3. The van der Waals surface area contributed by atoms with Gasteiger partial charge in [-0.3, -0.25) is 14.6 Å². The first-order chi connectivity index (χ1) is 20.3. The fraction of sp³-hybridized carbons (Fsp3) is 0.333. The number of benzene rings is 1. The highest BCUT2D eigenvalue weighted by Gasteiger charge is 2.25. The zero-order valence-corrected chi connectivity index (χ0v) is 23.6. The number of amides is 1. The number of nitrogens with two attached hydrogens (primary N) is 2. The highest BCUT2D eigenvalue weighted by Crippen LogP contribution is 2.40. The van der Waals surface area contributed by atoms with Crippen molar-refractivity contribution < 1.29 is 18.7 Å². The molecule has 5 N–H and O–H groups in total. The third kappa shape index (κ3) is 6.50. The molecule has 0 saturated heterocycles. The Morgan fingerprint density at radius 2 is 2.12 bits per heavy atom. The quantitative estimate of drug-likeness (QED) is 0.0731. The topological polar surface area (TPSA) is 171 Å². The molecule has 1 aliphatic carbocycles. The van der Waals surface area contributed by atoms with E-state index in [1.807, 2.05) is 10.6 Å². The Balaban J connectivity index is 1.29. The van der Waals surface area contributed by atoms with Crippen LogP contribution in [0.1, 0.15) is 65.0 Å². The number of ether oxygens (including phenoxy) is 1. The summed E-state index contributed by atoms with van der Waals surface area (Å²) in [5, 5.41) is 14.8. The van der Waals surface area contributed by atoms with Crippen molar-refractivity contribution in [3.63, 3.8) is 0 Å². The van der Waals surface area contributed by atoms with E-state index >= 15 is 0 Å². The molecule has 0 atom stereocenters. The van der Waals surface area contributed by atoms with Crippen LogP contribution >= 0.6 is 11.6 Å². The normalized spacial score (nSPS) is 13.1. The number of esters is 1. The van der Waals surface area contributed by atoms with Crippen LogP contribution in [-0.4, -0.2) is 49.2 Å². The molecule has 220 valence electrons. The van der Waals surface area contributed by atoms with Crippen molar-refractivity contribution in [2.45, 2.75) is 51.6 Å². The molecular weight excluding hydrogens is 567 g/mol. The average molecular weight is 597 g/mol. The third-order valence-electron chi connectivity index (χ3n) is 6.81. The highest BCUT2D eigenvalue weighted by atomic mass is 35.5. The highest BCUT2D eigenvalue weighted by molar-refractivity contribution is 6.31. The van der Waals surface area contributed by atoms with E-state index in [9.17, 15) is 14.0 Å². The summed E-state index contributed by atoms with van der Waals surface area (Å²) in [6, 6.07) is 4.94. The molecule has 3 heterocycles. The summed E-state index contributed by atoms with van der Waals surface area (Å²) >= 11 is 5.93. The van der Waals surface area contributed by atoms with Crippen LogP contribution in [0.2, 0.25) is 5.02 Å². The third-order valence-corrected chi connectivity index (χ3v) is 7.10. The summed E-state index contributed by atoms with van der Waals surface area (Å²) < 4.78 is 23.3. The molecule has 0 unspecified atom stereocenters. The number of carbonyl (C=O) groups excluding carboxylic acids is 2. The summed E-state index contributed by atoms with van der Waals surface area (Å²) in [5.41, 5.74) is 3.93. The Labute approximate surface area is 245 Å². The molecule has 0 radical (unpaired) electrons. The lowest BCUT2D eigenvalue weighted by Gasteiger charge is -2.18. The van der Waals surface area contributed by atoms with E-state index < -0.39 is 11.7 Å². The summed E-state index contributed by atoms with van der Waals surface area (Å²) in [6.45, 7) is 2.15. The van der Waals surface area contributed by atoms with Gasteiger partial charge in [-0.1, -0.05) is 22.9 Å². The SMILES string of the molecule is CCOC(=O)CCc1cc(C2CC2)cn2cc(Cn3cc(C(=O)NCc4c(N(N)/C=N\N)ccc(Cl)c4F)nn3)nc12. The number of fused-ring (bicyclic) bond motifs is 1. The van der Waals surface area contributed by atoms with E-state index in [4.69, 9.17) is 33.0 Å². The van der Waals surface area contributed by atoms with Crippen LogP contribution in [0.25, 0.3) is 5.65 Å². The van der Waals surface area contributed by atoms with Crippen molar-refractivity contribution in [1.29, 1.82) is 0 Å². The Bertz CT molecular complexity index is 1650. The maximum Gasteiger partial charge on any atom is 0.306 e. The molecule has 1 aromatic carbocycles. The van der Waals surface area contributed by atoms with E-state index in [1.165, 1.54) is 28.6 Å². The molecule has 1 amide bonds. The molecule has 42 heavy (non-hydrogen) atoms. The molecule has 1 aliphatic rings. The Kier molecular flexibility index (Phi) is 8.64. The van der Waals surface area contributed by atoms with Gasteiger partial charge in [0.25, 0.3) is 5.91 Å². The number of pyridine rings is 1. The molecule has 15 heteroatoms. The summed E-state index contributed by atoms with van der Waals surface area (Å²) in [4.78, 5) is 29.6. The number of nitrogens with one attached hydrogen (secondary N) is 1. The number of hydrogen-bond acceptors (Lipinski definition) is 9. The Hall–Kier alpha value is -4.56. The maximum atomic E-state index is 14.8. The fourth-order valence-corrected chi connectivity index (χ4v) is 4.82. The van der Waals surface area contributed by atoms with Gasteiger partial charge in [0.15, 0.2) is 5.69 Å². The first kappa shape index (κ1) is 29.0. The van der Waals surface area contributed by atoms with Crippen molar-refractivity contribution in [3.8, 4) is 0 Å². The lowest BCUT2D eigenvalue weighted by molar-refractivity contribution is -0.143. The van der Waals surface area contributed by atoms with Gasteiger partial charge in [-0.05, 0) is 55.4 Å². The average Bonchev–Trinajstić information content (AvgIpc) is 3.58. The Morgan fingerprint density at radius 3 is 2.86 bits per heavy atom. The van der Waals surface area contributed by atoms with Gasteiger partial charge in [0.1, 0.15) is 17.8 Å². The van der Waals surface area contributed by atoms with Crippen molar-refractivity contribution >= 4 is 41.2 Å². The van der Waals surface area contributed by atoms with Crippen LogP contribution in [0.3, 0.4) is 0 Å². The molecule has 0 aliphatic heterocycles. The van der Waals surface area contributed by atoms with Crippen molar-refractivity contribution in [2.75, 3.05) is 11.6 Å². The number of anilines is 1. The summed E-state index contributed by atoms with van der Waals surface area (Å²) in [6.07, 6.45) is 9.62. The van der Waals surface area contributed by atoms with Crippen LogP contribution in [0.5, 0.6) is 0 Å². The fourth-order valence-electron chi connectivity index (χ4n) is 4.65. The van der Waals surface area contributed by atoms with Gasteiger partial charge in [0.2, 0.25) is 0 Å². The Morgan fingerprint density at radius 1 is 1.31 bits per heavy atom. The predicted octanol–water partition coefficient (Wildman–Crippen LogP) is 2.65. The van der Waals surface area contributed by atoms with Gasteiger partial charge in [-0.15, -0.1) is 5.10 Å². The number of aromatic nitrogens is 5. The van der Waals surface area contributed by atoms with Gasteiger partial charge in [0, 0.05) is 30.9 Å². The minimum atomic E-state index is -0.739. The number of aryl methyl sites for hydroxylation is 1. The largest absolute Gasteiger partial charge is 0.466 e. The molecule has 1 fully saturated rings. The minimum Gasteiger partial charge on any atom is -0.466 e. The minimum absolute atomic E-state index is 0.0296. The molecule has 1 saturated carbocycles. The number of carbonyl (C=O) groups is 2. The lowest BCUT2D eigenvalue weighted by Crippen LogP contribution is -2.32. The monoisotopic (exact) mass is 596 g/mol. The molecule has 5 rings (SSSR count). The number of rotatable bonds is 12.